The first-order valence-corrected chi connectivity index (χ1v) is 9.04. The second-order valence-corrected chi connectivity index (χ2v) is 6.87. The molecular formula is C20H21N5O2. The highest BCUT2D eigenvalue weighted by atomic mass is 16.3. The number of amides is 1. The number of aromatic hydroxyl groups is 1. The molecule has 1 N–H and O–H groups in total. The number of hydrogen-bond acceptors (Lipinski definition) is 5. The molecule has 0 saturated heterocycles. The van der Waals surface area contributed by atoms with Crippen LogP contribution < -0.4 is 4.90 Å². The molecule has 2 heterocycles. The van der Waals surface area contributed by atoms with Gasteiger partial charge in [0.05, 0.1) is 5.69 Å². The van der Waals surface area contributed by atoms with E-state index in [1.165, 1.54) is 4.80 Å². The molecule has 1 aliphatic rings. The molecule has 138 valence electrons. The molecule has 1 aliphatic heterocycles. The molecule has 0 saturated carbocycles. The molecule has 4 rings (SSSR count). The van der Waals surface area contributed by atoms with Crippen LogP contribution in [0.25, 0.3) is 11.4 Å². The highest BCUT2D eigenvalue weighted by molar-refractivity contribution is 5.98. The zero-order valence-electron chi connectivity index (χ0n) is 15.3. The Morgan fingerprint density at radius 2 is 1.96 bits per heavy atom. The number of tetrazole rings is 1. The smallest absolute Gasteiger partial charge is 0.253 e. The Kier molecular flexibility index (Phi) is 4.35. The molecule has 0 radical (unpaired) electrons. The molecule has 27 heavy (non-hydrogen) atoms. The second-order valence-electron chi connectivity index (χ2n) is 6.87. The third-order valence-corrected chi connectivity index (χ3v) is 5.06. The van der Waals surface area contributed by atoms with E-state index in [1.807, 2.05) is 42.5 Å². The quantitative estimate of drug-likeness (QED) is 0.773. The SMILES string of the molecule is CC1CCN(C(=O)C(C)n2nnc(-c3ccccc3)n2)c2c(O)cccc21. The van der Waals surface area contributed by atoms with Gasteiger partial charge in [-0.05, 0) is 36.1 Å². The zero-order chi connectivity index (χ0) is 19.0. The Hall–Kier alpha value is -3.22. The normalized spacial score (nSPS) is 17.4. The number of nitrogens with zero attached hydrogens (tertiary/aromatic N) is 5. The molecule has 1 aromatic heterocycles. The van der Waals surface area contributed by atoms with E-state index >= 15 is 0 Å². The number of carbonyl (C=O) groups excluding carboxylic acids is 1. The largest absolute Gasteiger partial charge is 0.506 e. The zero-order valence-corrected chi connectivity index (χ0v) is 15.3. The van der Waals surface area contributed by atoms with Crippen LogP contribution in [0.4, 0.5) is 5.69 Å². The van der Waals surface area contributed by atoms with Crippen LogP contribution in [0.5, 0.6) is 5.75 Å². The number of rotatable bonds is 3. The van der Waals surface area contributed by atoms with E-state index in [2.05, 4.69) is 22.3 Å². The van der Waals surface area contributed by atoms with Crippen LogP contribution in [0.15, 0.2) is 48.5 Å². The summed E-state index contributed by atoms with van der Waals surface area (Å²) in [6.45, 7) is 4.40. The number of phenolic OH excluding ortho intramolecular Hbond substituents is 1. The van der Waals surface area contributed by atoms with E-state index in [0.717, 1.165) is 17.5 Å². The Labute approximate surface area is 157 Å². The van der Waals surface area contributed by atoms with Crippen molar-refractivity contribution in [2.75, 3.05) is 11.4 Å². The number of aromatic nitrogens is 4. The summed E-state index contributed by atoms with van der Waals surface area (Å²) in [5, 5.41) is 22.9. The standard InChI is InChI=1S/C20H21N5O2/c1-13-11-12-24(18-16(13)9-6-10-17(18)26)20(27)14(2)25-22-19(21-23-25)15-7-4-3-5-8-15/h3-10,13-14,26H,11-12H2,1-2H3. The van der Waals surface area contributed by atoms with Gasteiger partial charge in [-0.2, -0.15) is 4.80 Å². The number of fused-ring (bicyclic) bond motifs is 1. The molecule has 7 nitrogen and oxygen atoms in total. The predicted octanol–water partition coefficient (Wildman–Crippen LogP) is 3.15. The summed E-state index contributed by atoms with van der Waals surface area (Å²) in [4.78, 5) is 16.1. The maximum absolute atomic E-state index is 13.2. The minimum atomic E-state index is -0.629. The number of phenols is 1. The van der Waals surface area contributed by atoms with E-state index in [9.17, 15) is 9.90 Å². The number of hydrogen-bond donors (Lipinski definition) is 1. The van der Waals surface area contributed by atoms with Crippen molar-refractivity contribution in [1.29, 1.82) is 0 Å². The van der Waals surface area contributed by atoms with Gasteiger partial charge in [0.2, 0.25) is 5.82 Å². The summed E-state index contributed by atoms with van der Waals surface area (Å²) in [6, 6.07) is 14.3. The topological polar surface area (TPSA) is 84.1 Å². The molecule has 0 fully saturated rings. The molecule has 1 amide bonds. The molecular weight excluding hydrogens is 342 g/mol. The van der Waals surface area contributed by atoms with Crippen LogP contribution in [0.1, 0.15) is 37.8 Å². The van der Waals surface area contributed by atoms with Gasteiger partial charge in [-0.25, -0.2) is 0 Å². The van der Waals surface area contributed by atoms with Gasteiger partial charge in [0, 0.05) is 12.1 Å². The van der Waals surface area contributed by atoms with E-state index in [0.29, 0.717) is 24.0 Å². The van der Waals surface area contributed by atoms with Gasteiger partial charge in [0.15, 0.2) is 0 Å². The molecule has 3 aromatic rings. The lowest BCUT2D eigenvalue weighted by atomic mass is 9.91. The summed E-state index contributed by atoms with van der Waals surface area (Å²) in [5.41, 5.74) is 2.42. The molecule has 2 aromatic carbocycles. The third kappa shape index (κ3) is 3.05. The fraction of sp³-hybridized carbons (Fsp3) is 0.300. The van der Waals surface area contributed by atoms with Crippen LogP contribution in [0.2, 0.25) is 0 Å². The number of para-hydroxylation sites is 1. The Morgan fingerprint density at radius 3 is 2.74 bits per heavy atom. The van der Waals surface area contributed by atoms with Crippen molar-refractivity contribution >= 4 is 11.6 Å². The van der Waals surface area contributed by atoms with Crippen molar-refractivity contribution in [3.05, 3.63) is 54.1 Å². The molecule has 0 bridgehead atoms. The van der Waals surface area contributed by atoms with Gasteiger partial charge < -0.3 is 10.0 Å². The number of anilines is 1. The fourth-order valence-corrected chi connectivity index (χ4v) is 3.47. The number of benzene rings is 2. The lowest BCUT2D eigenvalue weighted by Gasteiger charge is -2.34. The first-order chi connectivity index (χ1) is 13.1. The minimum Gasteiger partial charge on any atom is -0.506 e. The van der Waals surface area contributed by atoms with Crippen LogP contribution in [0.3, 0.4) is 0 Å². The lowest BCUT2D eigenvalue weighted by molar-refractivity contribution is -0.122. The van der Waals surface area contributed by atoms with Crippen molar-refractivity contribution in [2.24, 2.45) is 0 Å². The van der Waals surface area contributed by atoms with Gasteiger partial charge in [0.25, 0.3) is 5.91 Å². The van der Waals surface area contributed by atoms with Crippen molar-refractivity contribution in [3.8, 4) is 17.1 Å². The predicted molar refractivity (Wildman–Crippen MR) is 101 cm³/mol. The summed E-state index contributed by atoms with van der Waals surface area (Å²) in [5.74, 6) is 0.726. The van der Waals surface area contributed by atoms with Crippen LogP contribution >= 0.6 is 0 Å². The molecule has 2 unspecified atom stereocenters. The first-order valence-electron chi connectivity index (χ1n) is 9.04. The summed E-state index contributed by atoms with van der Waals surface area (Å²) in [6.07, 6.45) is 0.842. The molecule has 0 spiro atoms. The summed E-state index contributed by atoms with van der Waals surface area (Å²) >= 11 is 0. The highest BCUT2D eigenvalue weighted by Crippen LogP contribution is 2.41. The lowest BCUT2D eigenvalue weighted by Crippen LogP contribution is -2.40. The molecule has 7 heteroatoms. The Balaban J connectivity index is 1.63. The van der Waals surface area contributed by atoms with Crippen LogP contribution in [0, 0.1) is 0 Å². The Morgan fingerprint density at radius 1 is 1.19 bits per heavy atom. The van der Waals surface area contributed by atoms with E-state index in [-0.39, 0.29) is 11.7 Å². The average molecular weight is 363 g/mol. The van der Waals surface area contributed by atoms with Crippen molar-refractivity contribution in [3.63, 3.8) is 0 Å². The van der Waals surface area contributed by atoms with E-state index in [4.69, 9.17) is 0 Å². The number of carbonyl (C=O) groups is 1. The fourth-order valence-electron chi connectivity index (χ4n) is 3.47. The van der Waals surface area contributed by atoms with Gasteiger partial charge in [0.1, 0.15) is 11.8 Å². The van der Waals surface area contributed by atoms with E-state index < -0.39 is 6.04 Å². The summed E-state index contributed by atoms with van der Waals surface area (Å²) in [7, 11) is 0. The van der Waals surface area contributed by atoms with Crippen molar-refractivity contribution in [1.82, 2.24) is 20.2 Å². The third-order valence-electron chi connectivity index (χ3n) is 5.06. The van der Waals surface area contributed by atoms with Gasteiger partial charge in [-0.15, -0.1) is 10.2 Å². The Bertz CT molecular complexity index is 970. The maximum Gasteiger partial charge on any atom is 0.253 e. The first kappa shape index (κ1) is 17.2. The van der Waals surface area contributed by atoms with Crippen molar-refractivity contribution < 1.29 is 9.90 Å². The second kappa shape index (κ2) is 6.83. The van der Waals surface area contributed by atoms with Gasteiger partial charge >= 0.3 is 0 Å². The summed E-state index contributed by atoms with van der Waals surface area (Å²) < 4.78 is 0. The van der Waals surface area contributed by atoms with E-state index in [1.54, 1.807) is 17.9 Å². The monoisotopic (exact) mass is 363 g/mol. The van der Waals surface area contributed by atoms with Gasteiger partial charge in [-0.1, -0.05) is 49.4 Å². The van der Waals surface area contributed by atoms with Crippen molar-refractivity contribution in [2.45, 2.75) is 32.2 Å². The minimum absolute atomic E-state index is 0.121. The van der Waals surface area contributed by atoms with Gasteiger partial charge in [-0.3, -0.25) is 4.79 Å². The van der Waals surface area contributed by atoms with Crippen LogP contribution in [-0.4, -0.2) is 37.8 Å². The van der Waals surface area contributed by atoms with Crippen LogP contribution in [-0.2, 0) is 4.79 Å². The molecule has 2 atom stereocenters. The maximum atomic E-state index is 13.2. The highest BCUT2D eigenvalue weighted by Gasteiger charge is 2.32. The average Bonchev–Trinajstić information content (AvgIpc) is 3.19. The molecule has 0 aliphatic carbocycles.